The Kier molecular flexibility index (Phi) is 4.05. The highest BCUT2D eigenvalue weighted by Gasteiger charge is 2.13. The second-order valence-electron chi connectivity index (χ2n) is 4.81. The molecule has 0 bridgehead atoms. The number of thiazole rings is 1. The number of hydrogen-bond acceptors (Lipinski definition) is 4. The normalized spacial score (nSPS) is 16.5. The van der Waals surface area contributed by atoms with Gasteiger partial charge in [0.1, 0.15) is 16.6 Å². The van der Waals surface area contributed by atoms with Gasteiger partial charge in [0.15, 0.2) is 0 Å². The molecule has 0 amide bonds. The second kappa shape index (κ2) is 5.95. The van der Waals surface area contributed by atoms with Crippen molar-refractivity contribution in [3.05, 3.63) is 40.2 Å². The monoisotopic (exact) mass is 295 g/mol. The molecule has 1 aromatic carbocycles. The lowest BCUT2D eigenvalue weighted by molar-refractivity contribution is 0.233. The van der Waals surface area contributed by atoms with Crippen molar-refractivity contribution in [1.29, 1.82) is 0 Å². The van der Waals surface area contributed by atoms with Gasteiger partial charge >= 0.3 is 0 Å². The van der Waals surface area contributed by atoms with Gasteiger partial charge < -0.3 is 5.32 Å². The van der Waals surface area contributed by atoms with E-state index in [2.05, 4.69) is 15.2 Å². The fourth-order valence-electron chi connectivity index (χ4n) is 2.28. The first-order valence-corrected chi connectivity index (χ1v) is 7.42. The van der Waals surface area contributed by atoms with Crippen LogP contribution in [0.5, 0.6) is 0 Å². The van der Waals surface area contributed by atoms with E-state index in [-0.39, 0.29) is 0 Å². The molecule has 2 aromatic rings. The molecular weight excluding hydrogens is 280 g/mol. The van der Waals surface area contributed by atoms with Crippen LogP contribution in [-0.2, 0) is 6.54 Å². The van der Waals surface area contributed by atoms with E-state index in [1.54, 1.807) is 0 Å². The Morgan fingerprint density at radius 1 is 1.15 bits per heavy atom. The molecule has 0 unspecified atom stereocenters. The summed E-state index contributed by atoms with van der Waals surface area (Å²) in [5, 5.41) is 6.13. The molecule has 3 rings (SSSR count). The summed E-state index contributed by atoms with van der Waals surface area (Å²) in [4.78, 5) is 6.80. The summed E-state index contributed by atoms with van der Waals surface area (Å²) in [6.07, 6.45) is 0. The summed E-state index contributed by atoms with van der Waals surface area (Å²) < 4.78 is 26.4. The molecule has 1 aromatic heterocycles. The van der Waals surface area contributed by atoms with Crippen molar-refractivity contribution in [2.24, 2.45) is 0 Å². The molecule has 20 heavy (non-hydrogen) atoms. The van der Waals surface area contributed by atoms with Crippen molar-refractivity contribution < 1.29 is 8.78 Å². The van der Waals surface area contributed by atoms with E-state index in [4.69, 9.17) is 0 Å². The molecule has 106 valence electrons. The van der Waals surface area contributed by atoms with E-state index in [0.717, 1.165) is 43.8 Å². The van der Waals surface area contributed by atoms with Gasteiger partial charge in [-0.1, -0.05) is 0 Å². The van der Waals surface area contributed by atoms with Crippen molar-refractivity contribution in [2.45, 2.75) is 6.54 Å². The highest BCUT2D eigenvalue weighted by Crippen LogP contribution is 2.24. The Morgan fingerprint density at radius 3 is 2.55 bits per heavy atom. The first-order chi connectivity index (χ1) is 9.70. The van der Waals surface area contributed by atoms with Crippen LogP contribution in [0.15, 0.2) is 23.6 Å². The van der Waals surface area contributed by atoms with E-state index in [1.807, 2.05) is 5.38 Å². The van der Waals surface area contributed by atoms with E-state index in [9.17, 15) is 8.78 Å². The van der Waals surface area contributed by atoms with Crippen LogP contribution in [0, 0.1) is 11.6 Å². The molecule has 1 aliphatic rings. The Balaban J connectivity index is 1.75. The molecular formula is C14H15F2N3S. The first kappa shape index (κ1) is 13.6. The average Bonchev–Trinajstić information content (AvgIpc) is 2.87. The number of nitrogens with one attached hydrogen (secondary N) is 1. The van der Waals surface area contributed by atoms with Crippen molar-refractivity contribution >= 4 is 11.3 Å². The number of halogens is 2. The van der Waals surface area contributed by atoms with Crippen LogP contribution in [0.3, 0.4) is 0 Å². The maximum atomic E-state index is 13.2. The summed E-state index contributed by atoms with van der Waals surface area (Å²) in [6, 6.07) is 3.50. The number of benzene rings is 1. The van der Waals surface area contributed by atoms with Gasteiger partial charge in [-0.3, -0.25) is 4.90 Å². The van der Waals surface area contributed by atoms with E-state index < -0.39 is 11.6 Å². The van der Waals surface area contributed by atoms with Gasteiger partial charge in [-0.05, 0) is 12.1 Å². The first-order valence-electron chi connectivity index (χ1n) is 6.55. The Morgan fingerprint density at radius 2 is 1.85 bits per heavy atom. The summed E-state index contributed by atoms with van der Waals surface area (Å²) in [7, 11) is 0. The quantitative estimate of drug-likeness (QED) is 0.943. The Hall–Kier alpha value is -1.37. The summed E-state index contributed by atoms with van der Waals surface area (Å²) in [5.41, 5.74) is 1.13. The van der Waals surface area contributed by atoms with Gasteiger partial charge in [0.25, 0.3) is 0 Å². The molecule has 1 fully saturated rings. The van der Waals surface area contributed by atoms with Gasteiger partial charge in [0.05, 0.1) is 12.2 Å². The second-order valence-corrected chi connectivity index (χ2v) is 5.75. The summed E-state index contributed by atoms with van der Waals surface area (Å²) in [5.74, 6) is -1.15. The van der Waals surface area contributed by atoms with Crippen LogP contribution >= 0.6 is 11.3 Å². The van der Waals surface area contributed by atoms with Crippen molar-refractivity contribution in [2.75, 3.05) is 26.2 Å². The van der Waals surface area contributed by atoms with Crippen LogP contribution in [0.4, 0.5) is 8.78 Å². The highest BCUT2D eigenvalue weighted by molar-refractivity contribution is 7.09. The number of hydrogen-bond donors (Lipinski definition) is 1. The molecule has 2 heterocycles. The van der Waals surface area contributed by atoms with E-state index in [0.29, 0.717) is 11.3 Å². The molecule has 1 N–H and O–H groups in total. The predicted octanol–water partition coefficient (Wildman–Crippen LogP) is 2.49. The highest BCUT2D eigenvalue weighted by atomic mass is 32.1. The number of rotatable bonds is 3. The minimum absolute atomic E-state index is 0.491. The smallest absolute Gasteiger partial charge is 0.126 e. The third-order valence-electron chi connectivity index (χ3n) is 3.28. The molecule has 1 saturated heterocycles. The maximum Gasteiger partial charge on any atom is 0.126 e. The summed E-state index contributed by atoms with van der Waals surface area (Å²) in [6.45, 7) is 4.79. The third-order valence-corrected chi connectivity index (χ3v) is 4.11. The standard InChI is InChI=1S/C14H15F2N3S/c15-11-5-10(6-12(16)7-11)13-9-20-14(18-13)8-19-3-1-17-2-4-19/h5-7,9,17H,1-4,8H2. The number of aromatic nitrogens is 1. The fraction of sp³-hybridized carbons (Fsp3) is 0.357. The lowest BCUT2D eigenvalue weighted by atomic mass is 10.1. The zero-order valence-corrected chi connectivity index (χ0v) is 11.7. The topological polar surface area (TPSA) is 28.2 Å². The fourth-order valence-corrected chi connectivity index (χ4v) is 3.12. The Labute approximate surface area is 120 Å². The number of piperazine rings is 1. The average molecular weight is 295 g/mol. The maximum absolute atomic E-state index is 13.2. The van der Waals surface area contributed by atoms with Crippen molar-refractivity contribution in [3.8, 4) is 11.3 Å². The van der Waals surface area contributed by atoms with Crippen LogP contribution in [0.25, 0.3) is 11.3 Å². The van der Waals surface area contributed by atoms with Crippen LogP contribution in [0.1, 0.15) is 5.01 Å². The van der Waals surface area contributed by atoms with Crippen LogP contribution in [0.2, 0.25) is 0 Å². The van der Waals surface area contributed by atoms with E-state index >= 15 is 0 Å². The minimum Gasteiger partial charge on any atom is -0.314 e. The SMILES string of the molecule is Fc1cc(F)cc(-c2csc(CN3CCNCC3)n2)c1. The zero-order valence-electron chi connectivity index (χ0n) is 10.9. The molecule has 1 aliphatic heterocycles. The molecule has 0 atom stereocenters. The van der Waals surface area contributed by atoms with Gasteiger partial charge in [-0.2, -0.15) is 0 Å². The van der Waals surface area contributed by atoms with Gasteiger partial charge in [-0.15, -0.1) is 11.3 Å². The predicted molar refractivity (Wildman–Crippen MR) is 75.6 cm³/mol. The Bertz CT molecular complexity index is 574. The van der Waals surface area contributed by atoms with Gasteiger partial charge in [-0.25, -0.2) is 13.8 Å². The molecule has 6 heteroatoms. The van der Waals surface area contributed by atoms with E-state index in [1.165, 1.54) is 23.5 Å². The molecule has 3 nitrogen and oxygen atoms in total. The molecule has 0 spiro atoms. The largest absolute Gasteiger partial charge is 0.314 e. The number of nitrogens with zero attached hydrogens (tertiary/aromatic N) is 2. The van der Waals surface area contributed by atoms with Gasteiger partial charge in [0.2, 0.25) is 0 Å². The lowest BCUT2D eigenvalue weighted by Gasteiger charge is -2.26. The van der Waals surface area contributed by atoms with Gasteiger partial charge in [0, 0.05) is 43.2 Å². The zero-order chi connectivity index (χ0) is 13.9. The molecule has 0 radical (unpaired) electrons. The molecule has 0 saturated carbocycles. The summed E-state index contributed by atoms with van der Waals surface area (Å²) >= 11 is 1.53. The van der Waals surface area contributed by atoms with Crippen molar-refractivity contribution in [3.63, 3.8) is 0 Å². The van der Waals surface area contributed by atoms with Crippen molar-refractivity contribution in [1.82, 2.24) is 15.2 Å². The van der Waals surface area contributed by atoms with Crippen LogP contribution in [-0.4, -0.2) is 36.1 Å². The van der Waals surface area contributed by atoms with Crippen LogP contribution < -0.4 is 5.32 Å². The third kappa shape index (κ3) is 3.20. The lowest BCUT2D eigenvalue weighted by Crippen LogP contribution is -2.42. The molecule has 0 aliphatic carbocycles. The minimum atomic E-state index is -0.573.